The van der Waals surface area contributed by atoms with Gasteiger partial charge in [0.15, 0.2) is 6.54 Å². The third-order valence-corrected chi connectivity index (χ3v) is 4.80. The number of carbonyl (C=O) groups is 1. The van der Waals surface area contributed by atoms with E-state index in [1.54, 1.807) is 7.11 Å². The van der Waals surface area contributed by atoms with Crippen LogP contribution >= 0.6 is 11.5 Å². The first-order chi connectivity index (χ1) is 13.7. The van der Waals surface area contributed by atoms with Crippen LogP contribution in [0.3, 0.4) is 0 Å². The molecular weight excluding hydrogens is 430 g/mol. The zero-order valence-corrected chi connectivity index (χ0v) is 17.3. The molecule has 0 spiro atoms. The first-order valence-electron chi connectivity index (χ1n) is 8.28. The summed E-state index contributed by atoms with van der Waals surface area (Å²) < 4.78 is 51.2. The molecule has 1 aliphatic heterocycles. The van der Waals surface area contributed by atoms with Gasteiger partial charge in [0.05, 0.1) is 33.0 Å². The van der Waals surface area contributed by atoms with Crippen molar-refractivity contribution in [2.24, 2.45) is 0 Å². The quantitative estimate of drug-likeness (QED) is 0.329. The summed E-state index contributed by atoms with van der Waals surface area (Å²) >= 11 is 1.46. The van der Waals surface area contributed by atoms with Gasteiger partial charge in [-0.05, 0) is 29.2 Å². The summed E-state index contributed by atoms with van der Waals surface area (Å²) in [5.74, 6) is 1.23. The van der Waals surface area contributed by atoms with Gasteiger partial charge in [-0.3, -0.25) is 0 Å². The molecule has 2 heterocycles. The molecule has 2 aromatic rings. The van der Waals surface area contributed by atoms with Gasteiger partial charge in [0.25, 0.3) is 0 Å². The molecule has 1 aromatic heterocycles. The lowest BCUT2D eigenvalue weighted by Crippen LogP contribution is -2.68. The third-order valence-electron chi connectivity index (χ3n) is 3.76. The number of benzene rings is 1. The Balaban J connectivity index is 0.000000537. The van der Waals surface area contributed by atoms with Crippen LogP contribution in [0.25, 0.3) is 11.4 Å². The monoisotopic (exact) mass is 449 g/mol. The largest absolute Gasteiger partial charge is 0.497 e. The second-order valence-electron chi connectivity index (χ2n) is 5.63. The van der Waals surface area contributed by atoms with E-state index in [-0.39, 0.29) is 12.5 Å². The van der Waals surface area contributed by atoms with Crippen molar-refractivity contribution in [3.05, 3.63) is 24.3 Å². The Bertz CT molecular complexity index is 784. The maximum Gasteiger partial charge on any atom is 0.349 e. The van der Waals surface area contributed by atoms with E-state index in [4.69, 9.17) is 37.8 Å². The molecule has 1 saturated heterocycles. The van der Waals surface area contributed by atoms with E-state index < -0.39 is 10.2 Å². The molecule has 0 N–H and O–H groups in total. The molecule has 3 rings (SSSR count). The number of nitrogens with zero attached hydrogens (tertiary/aromatic N) is 3. The average molecular weight is 450 g/mol. The molecule has 0 atom stereocenters. The number of carbonyl (C=O) groups excluding carboxylic acids is 1. The molecule has 13 heteroatoms. The lowest BCUT2D eigenvalue weighted by atomic mass is 10.2. The van der Waals surface area contributed by atoms with E-state index >= 15 is 0 Å². The molecule has 160 valence electrons. The summed E-state index contributed by atoms with van der Waals surface area (Å²) in [6, 6.07) is 7.63. The summed E-state index contributed by atoms with van der Waals surface area (Å²) in [5, 5.41) is 0.882. The van der Waals surface area contributed by atoms with E-state index in [9.17, 15) is 4.79 Å². The van der Waals surface area contributed by atoms with E-state index in [2.05, 4.69) is 4.90 Å². The highest BCUT2D eigenvalue weighted by Crippen LogP contribution is 2.25. The van der Waals surface area contributed by atoms with Gasteiger partial charge in [0, 0.05) is 13.1 Å². The van der Waals surface area contributed by atoms with Gasteiger partial charge in [-0.2, -0.15) is 3.96 Å². The summed E-state index contributed by atoms with van der Waals surface area (Å²) in [4.78, 5) is 18.7. The van der Waals surface area contributed by atoms with Crippen molar-refractivity contribution < 1.29 is 51.8 Å². The predicted octanol–water partition coefficient (Wildman–Crippen LogP) is -3.64. The van der Waals surface area contributed by atoms with Crippen LogP contribution in [0.15, 0.2) is 24.3 Å². The van der Waals surface area contributed by atoms with Crippen molar-refractivity contribution in [2.45, 2.75) is 6.54 Å². The highest BCUT2D eigenvalue weighted by molar-refractivity contribution is 7.06. The smallest absolute Gasteiger partial charge is 0.349 e. The summed E-state index contributed by atoms with van der Waals surface area (Å²) in [7, 11) is -1.92. The number of esters is 1. The molecule has 0 radical (unpaired) electrons. The molecular formula is C16H20ClN3O8S. The first kappa shape index (κ1) is 23.2. The molecule has 1 aliphatic rings. The van der Waals surface area contributed by atoms with Crippen LogP contribution in [0.2, 0.25) is 0 Å². The zero-order chi connectivity index (χ0) is 21.4. The van der Waals surface area contributed by atoms with Crippen LogP contribution in [0.5, 0.6) is 5.75 Å². The van der Waals surface area contributed by atoms with Crippen LogP contribution in [0.1, 0.15) is 0 Å². The van der Waals surface area contributed by atoms with Gasteiger partial charge in [-0.15, -0.1) is 10.2 Å². The Morgan fingerprint density at radius 2 is 1.79 bits per heavy atom. The van der Waals surface area contributed by atoms with Gasteiger partial charge in [0.1, 0.15) is 17.3 Å². The number of methoxy groups -OCH3 is 2. The van der Waals surface area contributed by atoms with Gasteiger partial charge < -0.3 is 19.1 Å². The fraction of sp³-hybridized carbons (Fsp3) is 0.438. The van der Waals surface area contributed by atoms with Crippen LogP contribution in [0, 0.1) is 10.2 Å². The Morgan fingerprint density at radius 3 is 2.31 bits per heavy atom. The van der Waals surface area contributed by atoms with Crippen molar-refractivity contribution in [3.8, 4) is 17.1 Å². The molecule has 0 bridgehead atoms. The van der Waals surface area contributed by atoms with Crippen molar-refractivity contribution in [1.82, 2.24) is 4.98 Å². The normalized spacial score (nSPS) is 14.1. The minimum Gasteiger partial charge on any atom is -0.497 e. The molecule has 29 heavy (non-hydrogen) atoms. The maximum absolute atomic E-state index is 11.7. The lowest BCUT2D eigenvalue weighted by molar-refractivity contribution is -2.00. The Kier molecular flexibility index (Phi) is 8.52. The highest BCUT2D eigenvalue weighted by atomic mass is 35.7. The third kappa shape index (κ3) is 7.70. The van der Waals surface area contributed by atoms with Crippen molar-refractivity contribution in [2.75, 3.05) is 45.4 Å². The number of hydrogen-bond acceptors (Lipinski definition) is 11. The number of anilines is 1. The second-order valence-corrected chi connectivity index (χ2v) is 7.37. The van der Waals surface area contributed by atoms with Gasteiger partial charge >= 0.3 is 16.9 Å². The number of hydrogen-bond donors (Lipinski definition) is 0. The predicted molar refractivity (Wildman–Crippen MR) is 89.3 cm³/mol. The highest BCUT2D eigenvalue weighted by Gasteiger charge is 2.29. The van der Waals surface area contributed by atoms with Crippen LogP contribution in [-0.4, -0.2) is 51.5 Å². The lowest BCUT2D eigenvalue weighted by Gasteiger charge is -2.23. The minimum absolute atomic E-state index is 0.139. The van der Waals surface area contributed by atoms with Crippen LogP contribution in [0.4, 0.5) is 5.13 Å². The zero-order valence-electron chi connectivity index (χ0n) is 15.7. The van der Waals surface area contributed by atoms with Crippen LogP contribution in [-0.2, 0) is 20.8 Å². The van der Waals surface area contributed by atoms with Crippen molar-refractivity contribution in [3.63, 3.8) is 0 Å². The number of halogens is 1. The molecule has 0 unspecified atom stereocenters. The molecule has 0 saturated carbocycles. The number of morpholine rings is 1. The first-order valence-corrected chi connectivity index (χ1v) is 10.3. The second kappa shape index (κ2) is 10.6. The van der Waals surface area contributed by atoms with Gasteiger partial charge in [0.2, 0.25) is 0 Å². The van der Waals surface area contributed by atoms with E-state index in [1.807, 2.05) is 28.2 Å². The van der Waals surface area contributed by atoms with E-state index in [0.717, 1.165) is 35.4 Å². The standard InChI is InChI=1S/C16H20N3O4S.ClHO4/c1-21-13-5-3-12(4-6-13)15-17-16(18-7-9-23-10-8-18)24-19(15)11-14(20)22-2;2-1(3,4)5/h3-6H,7-11H2,1-2H3;(H,2,3,4,5)/q+1;/p-1. The minimum atomic E-state index is -4.94. The molecule has 0 aliphatic carbocycles. The molecule has 0 amide bonds. The average Bonchev–Trinajstić information content (AvgIpc) is 3.11. The van der Waals surface area contributed by atoms with Gasteiger partial charge in [-0.1, -0.05) is 0 Å². The maximum atomic E-state index is 11.7. The SMILES string of the molecule is COC(=O)C[n+]1sc(N2CCOCC2)nc1-c1ccc(OC)cc1.[O-][Cl+3]([O-])([O-])[O-]. The Morgan fingerprint density at radius 1 is 1.21 bits per heavy atom. The molecule has 1 aromatic carbocycles. The number of ether oxygens (including phenoxy) is 3. The summed E-state index contributed by atoms with van der Waals surface area (Å²) in [6.07, 6.45) is 0. The Hall–Kier alpha value is -2.06. The fourth-order valence-electron chi connectivity index (χ4n) is 2.43. The van der Waals surface area contributed by atoms with Crippen LogP contribution < -0.4 is 32.2 Å². The Labute approximate surface area is 173 Å². The molecule has 1 fully saturated rings. The van der Waals surface area contributed by atoms with Crippen molar-refractivity contribution in [1.29, 1.82) is 0 Å². The number of rotatable bonds is 5. The van der Waals surface area contributed by atoms with Crippen molar-refractivity contribution >= 4 is 22.6 Å². The fourth-order valence-corrected chi connectivity index (χ4v) is 3.45. The summed E-state index contributed by atoms with van der Waals surface area (Å²) in [5.41, 5.74) is 0.926. The van der Waals surface area contributed by atoms with Gasteiger partial charge in [-0.25, -0.2) is 23.4 Å². The van der Waals surface area contributed by atoms with E-state index in [1.165, 1.54) is 18.6 Å². The topological polar surface area (TPSA) is 157 Å². The summed E-state index contributed by atoms with van der Waals surface area (Å²) in [6.45, 7) is 3.12. The van der Waals surface area contributed by atoms with E-state index in [0.29, 0.717) is 13.2 Å². The number of aromatic nitrogens is 2. The molecule has 11 nitrogen and oxygen atoms in total.